The average Bonchev–Trinajstić information content (AvgIpc) is 3.57. The molecule has 1 saturated carbocycles. The maximum Gasteiger partial charge on any atom is 0.248 e. The van der Waals surface area contributed by atoms with E-state index in [0.29, 0.717) is 18.8 Å². The quantitative estimate of drug-likeness (QED) is 0.471. The highest BCUT2D eigenvalue weighted by atomic mass is 16.2. The van der Waals surface area contributed by atoms with Crippen LogP contribution in [0.4, 0.5) is 5.82 Å². The maximum absolute atomic E-state index is 13.8. The molecule has 36 heavy (non-hydrogen) atoms. The van der Waals surface area contributed by atoms with Crippen LogP contribution in [0.5, 0.6) is 0 Å². The van der Waals surface area contributed by atoms with Crippen molar-refractivity contribution in [2.75, 3.05) is 18.9 Å². The van der Waals surface area contributed by atoms with E-state index < -0.39 is 18.1 Å². The van der Waals surface area contributed by atoms with Gasteiger partial charge in [-0.05, 0) is 57.7 Å². The predicted octanol–water partition coefficient (Wildman–Crippen LogP) is 0.733. The van der Waals surface area contributed by atoms with Gasteiger partial charge in [0.2, 0.25) is 17.7 Å². The van der Waals surface area contributed by atoms with Gasteiger partial charge >= 0.3 is 0 Å². The SMILES string of the molecule is Bc1cccc(-n2nccc2NC(=O)[C@@H]2CCCN2C(=O)[C@@H](NC(=O)[C@H](C)NC)C2CCCCC2)c1. The number of likely N-dealkylation sites (N-methyl/N-ethyl adjacent to an activating group) is 1. The minimum atomic E-state index is -0.611. The molecule has 2 heterocycles. The lowest BCUT2D eigenvalue weighted by molar-refractivity contribution is -0.142. The number of benzene rings is 1. The third-order valence-corrected chi connectivity index (χ3v) is 7.49. The molecule has 4 rings (SSSR count). The first-order valence-corrected chi connectivity index (χ1v) is 13.1. The number of nitrogens with zero attached hydrogens (tertiary/aromatic N) is 3. The van der Waals surface area contributed by atoms with E-state index in [1.165, 1.54) is 0 Å². The van der Waals surface area contributed by atoms with Crippen LogP contribution in [-0.2, 0) is 14.4 Å². The van der Waals surface area contributed by atoms with E-state index in [9.17, 15) is 14.4 Å². The zero-order valence-corrected chi connectivity index (χ0v) is 21.5. The molecule has 0 radical (unpaired) electrons. The van der Waals surface area contributed by atoms with E-state index in [4.69, 9.17) is 0 Å². The van der Waals surface area contributed by atoms with Crippen molar-refractivity contribution >= 4 is 36.8 Å². The smallest absolute Gasteiger partial charge is 0.248 e. The van der Waals surface area contributed by atoms with E-state index in [1.807, 2.05) is 32.1 Å². The maximum atomic E-state index is 13.8. The van der Waals surface area contributed by atoms with Gasteiger partial charge in [-0.2, -0.15) is 5.10 Å². The first kappa shape index (κ1) is 25.9. The van der Waals surface area contributed by atoms with Crippen LogP contribution in [0.15, 0.2) is 36.5 Å². The van der Waals surface area contributed by atoms with Gasteiger partial charge in [0.15, 0.2) is 0 Å². The molecule has 2 fully saturated rings. The van der Waals surface area contributed by atoms with Crippen molar-refractivity contribution in [3.8, 4) is 5.69 Å². The molecule has 0 unspecified atom stereocenters. The molecule has 1 aliphatic carbocycles. The standard InChI is InChI=1S/C26H37BN6O3/c1-17(28-2)24(34)31-23(18-8-4-3-5-9-18)26(36)32-15-7-12-21(32)25(35)30-22-13-14-29-33(22)20-11-6-10-19(27)16-20/h6,10-11,13-14,16-18,21,23,28H,3-5,7-9,12,15,27H2,1-2H3,(H,30,35)(H,31,34)/t17-,21-,23-/m0/s1. The van der Waals surface area contributed by atoms with Gasteiger partial charge in [-0.1, -0.05) is 36.9 Å². The molecule has 3 amide bonds. The summed E-state index contributed by atoms with van der Waals surface area (Å²) in [5, 5.41) is 13.3. The van der Waals surface area contributed by atoms with Gasteiger partial charge in [-0.3, -0.25) is 14.4 Å². The number of hydrogen-bond donors (Lipinski definition) is 3. The van der Waals surface area contributed by atoms with Gasteiger partial charge in [0.25, 0.3) is 0 Å². The number of hydrogen-bond acceptors (Lipinski definition) is 5. The highest BCUT2D eigenvalue weighted by Crippen LogP contribution is 2.30. The summed E-state index contributed by atoms with van der Waals surface area (Å²) in [5.74, 6) is 0.0795. The lowest BCUT2D eigenvalue weighted by Gasteiger charge is -2.35. The molecule has 1 aliphatic heterocycles. The predicted molar refractivity (Wildman–Crippen MR) is 142 cm³/mol. The highest BCUT2D eigenvalue weighted by Gasteiger charge is 2.41. The Balaban J connectivity index is 1.50. The lowest BCUT2D eigenvalue weighted by atomic mass is 9.83. The number of carbonyl (C=O) groups excluding carboxylic acids is 3. The number of carbonyl (C=O) groups is 3. The minimum Gasteiger partial charge on any atom is -0.343 e. The largest absolute Gasteiger partial charge is 0.343 e. The van der Waals surface area contributed by atoms with Gasteiger partial charge in [-0.25, -0.2) is 4.68 Å². The number of amides is 3. The first-order valence-electron chi connectivity index (χ1n) is 13.1. The molecule has 1 aromatic carbocycles. The fourth-order valence-corrected chi connectivity index (χ4v) is 5.31. The molecule has 2 aromatic rings. The van der Waals surface area contributed by atoms with Crippen LogP contribution < -0.4 is 21.4 Å². The van der Waals surface area contributed by atoms with Crippen molar-refractivity contribution in [2.45, 2.75) is 70.0 Å². The fourth-order valence-electron chi connectivity index (χ4n) is 5.31. The summed E-state index contributed by atoms with van der Waals surface area (Å²) in [4.78, 5) is 41.6. The van der Waals surface area contributed by atoms with Crippen LogP contribution in [0.3, 0.4) is 0 Å². The van der Waals surface area contributed by atoms with Crippen LogP contribution in [0, 0.1) is 5.92 Å². The Morgan fingerprint density at radius 2 is 1.86 bits per heavy atom. The molecular weight excluding hydrogens is 455 g/mol. The molecule has 192 valence electrons. The number of anilines is 1. The molecule has 0 bridgehead atoms. The van der Waals surface area contributed by atoms with Gasteiger partial charge in [0, 0.05) is 12.6 Å². The first-order chi connectivity index (χ1) is 17.4. The van der Waals surface area contributed by atoms with Crippen molar-refractivity contribution in [1.29, 1.82) is 0 Å². The third-order valence-electron chi connectivity index (χ3n) is 7.49. The van der Waals surface area contributed by atoms with E-state index >= 15 is 0 Å². The molecular formula is C26H37BN6O3. The summed E-state index contributed by atoms with van der Waals surface area (Å²) in [6, 6.07) is 8.05. The Morgan fingerprint density at radius 1 is 1.08 bits per heavy atom. The summed E-state index contributed by atoms with van der Waals surface area (Å²) in [5.41, 5.74) is 1.95. The van der Waals surface area contributed by atoms with Crippen LogP contribution in [-0.4, -0.2) is 72.0 Å². The number of aromatic nitrogens is 2. The average molecular weight is 492 g/mol. The zero-order chi connectivity index (χ0) is 25.7. The Kier molecular flexibility index (Phi) is 8.46. The molecule has 3 N–H and O–H groups in total. The van der Waals surface area contributed by atoms with E-state index in [1.54, 1.807) is 35.8 Å². The normalized spacial score (nSPS) is 20.1. The number of nitrogens with one attached hydrogen (secondary N) is 3. The van der Waals surface area contributed by atoms with Crippen molar-refractivity contribution in [3.63, 3.8) is 0 Å². The van der Waals surface area contributed by atoms with Gasteiger partial charge < -0.3 is 20.9 Å². The molecule has 2 aliphatic rings. The molecule has 3 atom stereocenters. The van der Waals surface area contributed by atoms with Gasteiger partial charge in [0.1, 0.15) is 25.7 Å². The summed E-state index contributed by atoms with van der Waals surface area (Å²) in [7, 11) is 3.73. The second kappa shape index (κ2) is 11.7. The topological polar surface area (TPSA) is 108 Å². The molecule has 0 spiro atoms. The van der Waals surface area contributed by atoms with Crippen LogP contribution >= 0.6 is 0 Å². The summed E-state index contributed by atoms with van der Waals surface area (Å²) in [6.07, 6.45) is 8.07. The minimum absolute atomic E-state index is 0.0892. The second-order valence-corrected chi connectivity index (χ2v) is 10.0. The van der Waals surface area contributed by atoms with Crippen molar-refractivity contribution < 1.29 is 14.4 Å². The van der Waals surface area contributed by atoms with E-state index in [2.05, 4.69) is 21.0 Å². The van der Waals surface area contributed by atoms with Gasteiger partial charge in [-0.15, -0.1) is 0 Å². The van der Waals surface area contributed by atoms with Crippen LogP contribution in [0.2, 0.25) is 0 Å². The van der Waals surface area contributed by atoms with E-state index in [-0.39, 0.29) is 23.6 Å². The Hall–Kier alpha value is -3.14. The number of rotatable bonds is 8. The lowest BCUT2D eigenvalue weighted by Crippen LogP contribution is -2.57. The molecule has 1 aromatic heterocycles. The summed E-state index contributed by atoms with van der Waals surface area (Å²) < 4.78 is 1.69. The second-order valence-electron chi connectivity index (χ2n) is 10.0. The Morgan fingerprint density at radius 3 is 2.58 bits per heavy atom. The Labute approximate surface area is 213 Å². The van der Waals surface area contributed by atoms with Crippen molar-refractivity contribution in [2.24, 2.45) is 5.92 Å². The summed E-state index contributed by atoms with van der Waals surface area (Å²) >= 11 is 0. The van der Waals surface area contributed by atoms with Crippen LogP contribution in [0.25, 0.3) is 5.69 Å². The zero-order valence-electron chi connectivity index (χ0n) is 21.5. The van der Waals surface area contributed by atoms with Crippen molar-refractivity contribution in [1.82, 2.24) is 25.3 Å². The van der Waals surface area contributed by atoms with Gasteiger partial charge in [0.05, 0.1) is 17.9 Å². The number of likely N-dealkylation sites (tertiary alicyclic amines) is 1. The van der Waals surface area contributed by atoms with Crippen molar-refractivity contribution in [3.05, 3.63) is 36.5 Å². The fraction of sp³-hybridized carbons (Fsp3) is 0.538. The Bertz CT molecular complexity index is 1080. The molecule has 9 nitrogen and oxygen atoms in total. The third kappa shape index (κ3) is 5.80. The molecule has 1 saturated heterocycles. The monoisotopic (exact) mass is 492 g/mol. The highest BCUT2D eigenvalue weighted by molar-refractivity contribution is 6.32. The van der Waals surface area contributed by atoms with E-state index in [0.717, 1.165) is 49.7 Å². The van der Waals surface area contributed by atoms with Crippen LogP contribution in [0.1, 0.15) is 51.9 Å². The molecule has 10 heteroatoms. The summed E-state index contributed by atoms with van der Waals surface area (Å²) in [6.45, 7) is 2.29.